The fourth-order valence-electron chi connectivity index (χ4n) is 3.01. The third-order valence-corrected chi connectivity index (χ3v) is 4.21. The Morgan fingerprint density at radius 3 is 2.50 bits per heavy atom. The van der Waals surface area contributed by atoms with Crippen LogP contribution in [0.2, 0.25) is 0 Å². The molecule has 0 radical (unpaired) electrons. The van der Waals surface area contributed by atoms with Crippen molar-refractivity contribution >= 4 is 0 Å². The van der Waals surface area contributed by atoms with Crippen LogP contribution in [-0.4, -0.2) is 13.7 Å². The van der Waals surface area contributed by atoms with Crippen molar-refractivity contribution in [2.75, 3.05) is 13.7 Å². The Morgan fingerprint density at radius 2 is 1.75 bits per heavy atom. The molecule has 1 N–H and O–H groups in total. The average molecular weight is 321 g/mol. The van der Waals surface area contributed by atoms with Gasteiger partial charge in [0.2, 0.25) is 0 Å². The van der Waals surface area contributed by atoms with E-state index in [1.165, 1.54) is 11.1 Å². The van der Waals surface area contributed by atoms with Crippen molar-refractivity contribution in [3.8, 4) is 5.75 Å². The van der Waals surface area contributed by atoms with Crippen LogP contribution in [0.4, 0.5) is 0 Å². The third-order valence-electron chi connectivity index (χ3n) is 4.21. The molecule has 3 nitrogen and oxygen atoms in total. The van der Waals surface area contributed by atoms with Gasteiger partial charge in [-0.05, 0) is 36.7 Å². The van der Waals surface area contributed by atoms with E-state index in [1.54, 1.807) is 13.4 Å². The SMILES string of the molecule is COc1ccccc1[C@H](CCNCc1ccco1)c1ccccc1. The Balaban J connectivity index is 1.73. The van der Waals surface area contributed by atoms with Crippen LogP contribution in [0.15, 0.2) is 77.4 Å². The van der Waals surface area contributed by atoms with Gasteiger partial charge in [0.15, 0.2) is 0 Å². The van der Waals surface area contributed by atoms with Crippen LogP contribution in [0.1, 0.15) is 29.2 Å². The minimum absolute atomic E-state index is 0.298. The summed E-state index contributed by atoms with van der Waals surface area (Å²) in [4.78, 5) is 0. The van der Waals surface area contributed by atoms with Crippen LogP contribution in [0.25, 0.3) is 0 Å². The molecule has 1 atom stereocenters. The molecule has 0 spiro atoms. The lowest BCUT2D eigenvalue weighted by Gasteiger charge is -2.20. The molecule has 1 heterocycles. The number of ether oxygens (including phenoxy) is 1. The molecule has 0 aliphatic heterocycles. The minimum atomic E-state index is 0.298. The molecule has 0 unspecified atom stereocenters. The van der Waals surface area contributed by atoms with Gasteiger partial charge in [-0.15, -0.1) is 0 Å². The van der Waals surface area contributed by atoms with Crippen LogP contribution < -0.4 is 10.1 Å². The first-order valence-electron chi connectivity index (χ1n) is 8.29. The van der Waals surface area contributed by atoms with E-state index in [9.17, 15) is 0 Å². The summed E-state index contributed by atoms with van der Waals surface area (Å²) in [5.74, 6) is 2.20. The molecule has 1 aromatic heterocycles. The molecular formula is C21H23NO2. The van der Waals surface area contributed by atoms with Crippen LogP contribution in [-0.2, 0) is 6.54 Å². The highest BCUT2D eigenvalue weighted by Crippen LogP contribution is 2.33. The molecule has 0 saturated carbocycles. The topological polar surface area (TPSA) is 34.4 Å². The second kappa shape index (κ2) is 8.37. The Morgan fingerprint density at radius 1 is 0.958 bits per heavy atom. The molecule has 0 aliphatic carbocycles. The number of benzene rings is 2. The van der Waals surface area contributed by atoms with E-state index in [4.69, 9.17) is 9.15 Å². The fourth-order valence-corrected chi connectivity index (χ4v) is 3.01. The van der Waals surface area contributed by atoms with Crippen molar-refractivity contribution in [3.63, 3.8) is 0 Å². The maximum Gasteiger partial charge on any atom is 0.122 e. The summed E-state index contributed by atoms with van der Waals surface area (Å²) < 4.78 is 10.9. The van der Waals surface area contributed by atoms with Crippen molar-refractivity contribution in [2.24, 2.45) is 0 Å². The van der Waals surface area contributed by atoms with Gasteiger partial charge in [-0.1, -0.05) is 48.5 Å². The lowest BCUT2D eigenvalue weighted by atomic mass is 9.88. The Kier molecular flexibility index (Phi) is 5.70. The smallest absolute Gasteiger partial charge is 0.122 e. The number of rotatable bonds is 8. The number of hydrogen-bond donors (Lipinski definition) is 1. The number of nitrogens with one attached hydrogen (secondary N) is 1. The van der Waals surface area contributed by atoms with E-state index < -0.39 is 0 Å². The van der Waals surface area contributed by atoms with E-state index >= 15 is 0 Å². The van der Waals surface area contributed by atoms with Crippen molar-refractivity contribution in [3.05, 3.63) is 89.9 Å². The summed E-state index contributed by atoms with van der Waals surface area (Å²) >= 11 is 0. The highest BCUT2D eigenvalue weighted by atomic mass is 16.5. The van der Waals surface area contributed by atoms with Gasteiger partial charge in [-0.3, -0.25) is 0 Å². The van der Waals surface area contributed by atoms with Gasteiger partial charge in [-0.2, -0.15) is 0 Å². The summed E-state index contributed by atoms with van der Waals surface area (Å²) in [6, 6.07) is 22.8. The number of methoxy groups -OCH3 is 1. The normalized spacial score (nSPS) is 12.0. The summed E-state index contributed by atoms with van der Waals surface area (Å²) in [7, 11) is 1.73. The quantitative estimate of drug-likeness (QED) is 0.616. The first-order valence-corrected chi connectivity index (χ1v) is 8.29. The molecule has 0 bridgehead atoms. The van der Waals surface area contributed by atoms with E-state index in [-0.39, 0.29) is 0 Å². The number of hydrogen-bond acceptors (Lipinski definition) is 3. The summed E-state index contributed by atoms with van der Waals surface area (Å²) in [6.45, 7) is 1.65. The maximum absolute atomic E-state index is 5.58. The van der Waals surface area contributed by atoms with Crippen molar-refractivity contribution in [1.82, 2.24) is 5.32 Å². The van der Waals surface area contributed by atoms with Gasteiger partial charge in [-0.25, -0.2) is 0 Å². The van der Waals surface area contributed by atoms with Gasteiger partial charge >= 0.3 is 0 Å². The maximum atomic E-state index is 5.58. The lowest BCUT2D eigenvalue weighted by molar-refractivity contribution is 0.405. The monoisotopic (exact) mass is 321 g/mol. The first-order chi connectivity index (χ1) is 11.9. The second-order valence-corrected chi connectivity index (χ2v) is 5.75. The molecule has 0 saturated heterocycles. The largest absolute Gasteiger partial charge is 0.496 e. The predicted molar refractivity (Wildman–Crippen MR) is 96.3 cm³/mol. The molecule has 3 aromatic rings. The molecule has 2 aromatic carbocycles. The number of para-hydroxylation sites is 1. The van der Waals surface area contributed by atoms with Gasteiger partial charge in [0.05, 0.1) is 19.9 Å². The zero-order valence-electron chi connectivity index (χ0n) is 13.9. The van der Waals surface area contributed by atoms with Gasteiger partial charge in [0.25, 0.3) is 0 Å². The molecule has 0 amide bonds. The van der Waals surface area contributed by atoms with E-state index in [0.717, 1.165) is 31.0 Å². The summed E-state index contributed by atoms with van der Waals surface area (Å²) in [5.41, 5.74) is 2.53. The summed E-state index contributed by atoms with van der Waals surface area (Å²) in [5, 5.41) is 3.46. The Bertz CT molecular complexity index is 723. The third kappa shape index (κ3) is 4.06. The predicted octanol–water partition coefficient (Wildman–Crippen LogP) is 4.60. The van der Waals surface area contributed by atoms with Crippen LogP contribution in [0.3, 0.4) is 0 Å². The lowest BCUT2D eigenvalue weighted by Crippen LogP contribution is -2.17. The highest BCUT2D eigenvalue weighted by molar-refractivity contribution is 5.42. The molecule has 0 aliphatic rings. The van der Waals surface area contributed by atoms with Crippen molar-refractivity contribution in [1.29, 1.82) is 0 Å². The molecule has 3 heteroatoms. The zero-order valence-corrected chi connectivity index (χ0v) is 13.9. The van der Waals surface area contributed by atoms with Crippen LogP contribution in [0.5, 0.6) is 5.75 Å². The molecule has 124 valence electrons. The fraction of sp³-hybridized carbons (Fsp3) is 0.238. The number of furan rings is 1. The minimum Gasteiger partial charge on any atom is -0.496 e. The van der Waals surface area contributed by atoms with Crippen LogP contribution in [0, 0.1) is 0 Å². The zero-order chi connectivity index (χ0) is 16.6. The molecular weight excluding hydrogens is 298 g/mol. The van der Waals surface area contributed by atoms with E-state index in [2.05, 4.69) is 47.8 Å². The summed E-state index contributed by atoms with van der Waals surface area (Å²) in [6.07, 6.45) is 2.70. The molecule has 3 rings (SSSR count). The Hall–Kier alpha value is -2.52. The van der Waals surface area contributed by atoms with Crippen molar-refractivity contribution < 1.29 is 9.15 Å². The average Bonchev–Trinajstić information content (AvgIpc) is 3.16. The second-order valence-electron chi connectivity index (χ2n) is 5.75. The van der Waals surface area contributed by atoms with E-state index in [0.29, 0.717) is 5.92 Å². The van der Waals surface area contributed by atoms with Gasteiger partial charge in [0, 0.05) is 11.5 Å². The molecule has 0 fully saturated rings. The Labute approximate surface area is 143 Å². The van der Waals surface area contributed by atoms with Crippen LogP contribution >= 0.6 is 0 Å². The first kappa shape index (κ1) is 16.3. The van der Waals surface area contributed by atoms with Gasteiger partial charge in [0.1, 0.15) is 11.5 Å². The van der Waals surface area contributed by atoms with Gasteiger partial charge < -0.3 is 14.5 Å². The van der Waals surface area contributed by atoms with Crippen molar-refractivity contribution in [2.45, 2.75) is 18.9 Å². The highest BCUT2D eigenvalue weighted by Gasteiger charge is 2.17. The standard InChI is InChI=1S/C21H23NO2/c1-23-21-12-6-5-11-20(21)19(17-8-3-2-4-9-17)13-14-22-16-18-10-7-15-24-18/h2-12,15,19,22H,13-14,16H2,1H3/t19-/m1/s1. The molecule has 24 heavy (non-hydrogen) atoms. The van der Waals surface area contributed by atoms with E-state index in [1.807, 2.05) is 24.3 Å².